The number of rotatable bonds is 6. The molecule has 0 saturated carbocycles. The summed E-state index contributed by atoms with van der Waals surface area (Å²) in [7, 11) is 1.64. The molecule has 0 aliphatic heterocycles. The first-order valence-corrected chi connectivity index (χ1v) is 9.68. The van der Waals surface area contributed by atoms with Gasteiger partial charge in [0.05, 0.1) is 7.11 Å². The standard InChI is InChI=1S/C23H23NO2S/c1-17-9-15-22(16-10-17)27-23(19-7-5-4-6-8-19)24(18(2)25)20-11-13-21(26-3)14-12-20/h4-16,23H,1-3H3. The van der Waals surface area contributed by atoms with Crippen molar-refractivity contribution < 1.29 is 9.53 Å². The molecular weight excluding hydrogens is 354 g/mol. The molecule has 0 bridgehead atoms. The van der Waals surface area contributed by atoms with Crippen molar-refractivity contribution in [1.29, 1.82) is 0 Å². The molecule has 0 radical (unpaired) electrons. The van der Waals surface area contributed by atoms with Gasteiger partial charge in [0, 0.05) is 17.5 Å². The first-order valence-electron chi connectivity index (χ1n) is 8.80. The van der Waals surface area contributed by atoms with Crippen LogP contribution < -0.4 is 9.64 Å². The Kier molecular flexibility index (Phi) is 6.20. The van der Waals surface area contributed by atoms with Gasteiger partial charge in [0.25, 0.3) is 0 Å². The van der Waals surface area contributed by atoms with Crippen LogP contribution in [-0.2, 0) is 4.79 Å². The number of carbonyl (C=O) groups excluding carboxylic acids is 1. The van der Waals surface area contributed by atoms with Crippen LogP contribution in [0.25, 0.3) is 0 Å². The van der Waals surface area contributed by atoms with Gasteiger partial charge in [-0.2, -0.15) is 0 Å². The molecule has 0 heterocycles. The van der Waals surface area contributed by atoms with Gasteiger partial charge in [-0.1, -0.05) is 59.8 Å². The summed E-state index contributed by atoms with van der Waals surface area (Å²) in [5, 5.41) is -0.167. The highest BCUT2D eigenvalue weighted by Gasteiger charge is 2.25. The highest BCUT2D eigenvalue weighted by molar-refractivity contribution is 7.99. The van der Waals surface area contributed by atoms with Crippen molar-refractivity contribution in [1.82, 2.24) is 0 Å². The lowest BCUT2D eigenvalue weighted by molar-refractivity contribution is -0.116. The predicted octanol–water partition coefficient (Wildman–Crippen LogP) is 5.85. The summed E-state index contributed by atoms with van der Waals surface area (Å²) in [5.41, 5.74) is 3.14. The van der Waals surface area contributed by atoms with E-state index in [4.69, 9.17) is 4.74 Å². The van der Waals surface area contributed by atoms with Gasteiger partial charge in [-0.05, 0) is 48.9 Å². The molecule has 0 N–H and O–H groups in total. The van der Waals surface area contributed by atoms with E-state index in [1.807, 2.05) is 47.4 Å². The summed E-state index contributed by atoms with van der Waals surface area (Å²) in [5.74, 6) is 0.762. The molecule has 0 fully saturated rings. The van der Waals surface area contributed by atoms with Gasteiger partial charge in [-0.15, -0.1) is 0 Å². The van der Waals surface area contributed by atoms with Crippen LogP contribution in [0.2, 0.25) is 0 Å². The summed E-state index contributed by atoms with van der Waals surface area (Å²) >= 11 is 1.67. The number of hydrogen-bond acceptors (Lipinski definition) is 3. The zero-order valence-corrected chi connectivity index (χ0v) is 16.6. The second-order valence-corrected chi connectivity index (χ2v) is 7.43. The fourth-order valence-corrected chi connectivity index (χ4v) is 4.08. The Morgan fingerprint density at radius 1 is 0.926 bits per heavy atom. The van der Waals surface area contributed by atoms with Crippen LogP contribution in [0.4, 0.5) is 5.69 Å². The third-order valence-corrected chi connectivity index (χ3v) is 5.53. The van der Waals surface area contributed by atoms with Crippen LogP contribution >= 0.6 is 11.8 Å². The Labute approximate surface area is 165 Å². The molecule has 0 spiro atoms. The lowest BCUT2D eigenvalue weighted by Gasteiger charge is -2.31. The molecule has 138 valence electrons. The number of carbonyl (C=O) groups is 1. The largest absolute Gasteiger partial charge is 0.497 e. The normalized spacial score (nSPS) is 11.7. The van der Waals surface area contributed by atoms with Crippen molar-refractivity contribution in [2.24, 2.45) is 0 Å². The first kappa shape index (κ1) is 19.1. The number of thioether (sulfide) groups is 1. The molecule has 0 aromatic heterocycles. The lowest BCUT2D eigenvalue weighted by atomic mass is 10.2. The summed E-state index contributed by atoms with van der Waals surface area (Å²) in [4.78, 5) is 15.6. The van der Waals surface area contributed by atoms with Crippen LogP contribution in [0.3, 0.4) is 0 Å². The van der Waals surface area contributed by atoms with E-state index in [9.17, 15) is 4.79 Å². The summed E-state index contributed by atoms with van der Waals surface area (Å²) in [6.07, 6.45) is 0. The number of amides is 1. The van der Waals surface area contributed by atoms with Gasteiger partial charge in [-0.25, -0.2) is 0 Å². The van der Waals surface area contributed by atoms with E-state index in [0.29, 0.717) is 0 Å². The van der Waals surface area contributed by atoms with Crippen molar-refractivity contribution in [3.05, 3.63) is 90.0 Å². The second-order valence-electron chi connectivity index (χ2n) is 6.28. The van der Waals surface area contributed by atoms with Gasteiger partial charge < -0.3 is 4.74 Å². The van der Waals surface area contributed by atoms with E-state index in [1.165, 1.54) is 5.56 Å². The van der Waals surface area contributed by atoms with E-state index < -0.39 is 0 Å². The molecule has 3 rings (SSSR count). The minimum Gasteiger partial charge on any atom is -0.497 e. The van der Waals surface area contributed by atoms with Crippen LogP contribution in [0.15, 0.2) is 83.8 Å². The average molecular weight is 378 g/mol. The summed E-state index contributed by atoms with van der Waals surface area (Å²) < 4.78 is 5.25. The fourth-order valence-electron chi connectivity index (χ4n) is 2.86. The Morgan fingerprint density at radius 3 is 2.11 bits per heavy atom. The zero-order valence-electron chi connectivity index (χ0n) is 15.8. The van der Waals surface area contributed by atoms with E-state index >= 15 is 0 Å². The summed E-state index contributed by atoms with van der Waals surface area (Å²) in [6, 6.07) is 26.1. The molecule has 3 aromatic carbocycles. The summed E-state index contributed by atoms with van der Waals surface area (Å²) in [6.45, 7) is 3.68. The highest BCUT2D eigenvalue weighted by Crippen LogP contribution is 2.41. The van der Waals surface area contributed by atoms with E-state index in [0.717, 1.165) is 21.9 Å². The SMILES string of the molecule is COc1ccc(N(C(C)=O)C(Sc2ccc(C)cc2)c2ccccc2)cc1. The van der Waals surface area contributed by atoms with Gasteiger partial charge in [0.2, 0.25) is 5.91 Å². The monoisotopic (exact) mass is 377 g/mol. The zero-order chi connectivity index (χ0) is 19.2. The predicted molar refractivity (Wildman–Crippen MR) is 112 cm³/mol. The maximum absolute atomic E-state index is 12.6. The minimum atomic E-state index is -0.167. The molecule has 3 nitrogen and oxygen atoms in total. The third kappa shape index (κ3) is 4.72. The molecule has 4 heteroatoms. The number of hydrogen-bond donors (Lipinski definition) is 0. The number of anilines is 1. The minimum absolute atomic E-state index is 0.00590. The van der Waals surface area contributed by atoms with E-state index in [1.54, 1.807) is 25.8 Å². The molecule has 1 atom stereocenters. The molecule has 27 heavy (non-hydrogen) atoms. The van der Waals surface area contributed by atoms with Crippen molar-refractivity contribution in [2.45, 2.75) is 24.1 Å². The Morgan fingerprint density at radius 2 is 1.56 bits per heavy atom. The van der Waals surface area contributed by atoms with Crippen LogP contribution in [0, 0.1) is 6.92 Å². The molecule has 1 amide bonds. The van der Waals surface area contributed by atoms with Crippen LogP contribution in [0.5, 0.6) is 5.75 Å². The number of aryl methyl sites for hydroxylation is 1. The first-order chi connectivity index (χ1) is 13.1. The Hall–Kier alpha value is -2.72. The quantitative estimate of drug-likeness (QED) is 0.399. The van der Waals surface area contributed by atoms with Crippen molar-refractivity contribution in [3.8, 4) is 5.75 Å². The maximum Gasteiger partial charge on any atom is 0.225 e. The van der Waals surface area contributed by atoms with Gasteiger partial charge in [0.1, 0.15) is 11.1 Å². The second kappa shape index (κ2) is 8.78. The molecule has 0 aliphatic rings. The third-order valence-electron chi connectivity index (χ3n) is 4.28. The van der Waals surface area contributed by atoms with Crippen molar-refractivity contribution in [2.75, 3.05) is 12.0 Å². The highest BCUT2D eigenvalue weighted by atomic mass is 32.2. The molecule has 3 aromatic rings. The van der Waals surface area contributed by atoms with E-state index in [2.05, 4.69) is 43.3 Å². The molecular formula is C23H23NO2S. The number of benzene rings is 3. The topological polar surface area (TPSA) is 29.5 Å². The van der Waals surface area contributed by atoms with Crippen molar-refractivity contribution >= 4 is 23.4 Å². The van der Waals surface area contributed by atoms with Gasteiger partial charge in [0.15, 0.2) is 0 Å². The Bertz CT molecular complexity index is 877. The number of ether oxygens (including phenoxy) is 1. The van der Waals surface area contributed by atoms with Crippen LogP contribution in [0.1, 0.15) is 23.4 Å². The number of methoxy groups -OCH3 is 1. The van der Waals surface area contributed by atoms with Gasteiger partial charge >= 0.3 is 0 Å². The van der Waals surface area contributed by atoms with Gasteiger partial charge in [-0.3, -0.25) is 9.69 Å². The number of nitrogens with zero attached hydrogens (tertiary/aromatic N) is 1. The lowest BCUT2D eigenvalue weighted by Crippen LogP contribution is -2.31. The average Bonchev–Trinajstić information content (AvgIpc) is 2.70. The Balaban J connectivity index is 2.02. The van der Waals surface area contributed by atoms with Crippen molar-refractivity contribution in [3.63, 3.8) is 0 Å². The smallest absolute Gasteiger partial charge is 0.225 e. The molecule has 0 saturated heterocycles. The van der Waals surface area contributed by atoms with Crippen LogP contribution in [-0.4, -0.2) is 13.0 Å². The molecule has 0 aliphatic carbocycles. The fraction of sp³-hybridized carbons (Fsp3) is 0.174. The maximum atomic E-state index is 12.6. The van der Waals surface area contributed by atoms with E-state index in [-0.39, 0.29) is 11.3 Å². The molecule has 1 unspecified atom stereocenters.